The Morgan fingerprint density at radius 2 is 0.424 bits per heavy atom. The SMILES string of the molecule is CCCCCCCCCCC=CCCCCCCCCCCCCCCCCCCCCC. The smallest absolute Gasteiger partial charge is 0.0351 e. The van der Waals surface area contributed by atoms with Gasteiger partial charge in [0.1, 0.15) is 0 Å². The van der Waals surface area contributed by atoms with Gasteiger partial charge in [0.15, 0.2) is 0 Å². The molecule has 0 heterocycles. The van der Waals surface area contributed by atoms with Gasteiger partial charge < -0.3 is 0 Å². The summed E-state index contributed by atoms with van der Waals surface area (Å²) in [4.78, 5) is 0. The van der Waals surface area contributed by atoms with Crippen molar-refractivity contribution in [2.24, 2.45) is 0 Å². The molecule has 0 rings (SSSR count). The van der Waals surface area contributed by atoms with Crippen LogP contribution in [0.3, 0.4) is 0 Å². The molecule has 0 aliphatic heterocycles. The molecule has 0 unspecified atom stereocenters. The first-order chi connectivity index (χ1) is 16.4. The van der Waals surface area contributed by atoms with Crippen molar-refractivity contribution in [1.82, 2.24) is 0 Å². The van der Waals surface area contributed by atoms with Crippen LogP contribution in [0.1, 0.15) is 200 Å². The molecule has 0 aromatic carbocycles. The minimum absolute atomic E-state index is 1.31. The van der Waals surface area contributed by atoms with Gasteiger partial charge in [0.05, 0.1) is 0 Å². The highest BCUT2D eigenvalue weighted by atomic mass is 14.0. The molecule has 198 valence electrons. The van der Waals surface area contributed by atoms with E-state index in [0.717, 1.165) is 0 Å². The second kappa shape index (κ2) is 31.7. The third-order valence-corrected chi connectivity index (χ3v) is 7.37. The van der Waals surface area contributed by atoms with Gasteiger partial charge in [-0.3, -0.25) is 0 Å². The normalized spacial score (nSPS) is 11.7. The topological polar surface area (TPSA) is 0 Å². The van der Waals surface area contributed by atoms with Gasteiger partial charge in [0.25, 0.3) is 0 Å². The van der Waals surface area contributed by atoms with Crippen LogP contribution in [-0.2, 0) is 0 Å². The molecule has 0 aliphatic carbocycles. The van der Waals surface area contributed by atoms with E-state index in [0.29, 0.717) is 0 Å². The second-order valence-electron chi connectivity index (χ2n) is 10.9. The third kappa shape index (κ3) is 31.7. The van der Waals surface area contributed by atoms with Crippen LogP contribution in [0.5, 0.6) is 0 Å². The molecule has 0 aromatic rings. The van der Waals surface area contributed by atoms with Crippen molar-refractivity contribution in [1.29, 1.82) is 0 Å². The first-order valence-corrected chi connectivity index (χ1v) is 16.1. The molecule has 0 radical (unpaired) electrons. The molecule has 0 N–H and O–H groups in total. The van der Waals surface area contributed by atoms with E-state index in [4.69, 9.17) is 0 Å². The van der Waals surface area contributed by atoms with Gasteiger partial charge >= 0.3 is 0 Å². The maximum absolute atomic E-state index is 2.45. The summed E-state index contributed by atoms with van der Waals surface area (Å²) >= 11 is 0. The number of hydrogen-bond acceptors (Lipinski definition) is 0. The first kappa shape index (κ1) is 32.7. The fourth-order valence-corrected chi connectivity index (χ4v) is 4.97. The number of hydrogen-bond donors (Lipinski definition) is 0. The van der Waals surface area contributed by atoms with E-state index in [2.05, 4.69) is 26.0 Å². The van der Waals surface area contributed by atoms with Crippen LogP contribution in [0, 0.1) is 0 Å². The largest absolute Gasteiger partial charge is 0.0885 e. The molecule has 0 aliphatic rings. The highest BCUT2D eigenvalue weighted by molar-refractivity contribution is 4.81. The zero-order valence-corrected chi connectivity index (χ0v) is 23.7. The fourth-order valence-electron chi connectivity index (χ4n) is 4.97. The van der Waals surface area contributed by atoms with Crippen LogP contribution >= 0.6 is 0 Å². The van der Waals surface area contributed by atoms with E-state index in [-0.39, 0.29) is 0 Å². The average Bonchev–Trinajstić information content (AvgIpc) is 2.83. The summed E-state index contributed by atoms with van der Waals surface area (Å²) in [6, 6.07) is 0. The monoisotopic (exact) mass is 463 g/mol. The molecule has 33 heavy (non-hydrogen) atoms. The predicted octanol–water partition coefficient (Wildman–Crippen LogP) is 12.9. The molecule has 0 spiro atoms. The molecule has 0 bridgehead atoms. The molecule has 0 heteroatoms. The van der Waals surface area contributed by atoms with Gasteiger partial charge in [-0.25, -0.2) is 0 Å². The maximum atomic E-state index is 2.45. The van der Waals surface area contributed by atoms with Crippen LogP contribution in [0.2, 0.25) is 0 Å². The Morgan fingerprint density at radius 1 is 0.242 bits per heavy atom. The Labute approximate surface area is 212 Å². The molecular formula is C33H66. The van der Waals surface area contributed by atoms with Crippen molar-refractivity contribution in [3.8, 4) is 0 Å². The Bertz CT molecular complexity index is 342. The minimum Gasteiger partial charge on any atom is -0.0885 e. The quantitative estimate of drug-likeness (QED) is 0.0765. The van der Waals surface area contributed by atoms with Crippen LogP contribution in [0.15, 0.2) is 12.2 Å². The Balaban J connectivity index is 3.05. The van der Waals surface area contributed by atoms with Gasteiger partial charge in [-0.15, -0.1) is 0 Å². The molecule has 0 saturated heterocycles. The van der Waals surface area contributed by atoms with E-state index in [9.17, 15) is 0 Å². The van der Waals surface area contributed by atoms with Crippen LogP contribution in [0.4, 0.5) is 0 Å². The molecule has 0 aromatic heterocycles. The second-order valence-corrected chi connectivity index (χ2v) is 10.9. The van der Waals surface area contributed by atoms with Gasteiger partial charge in [0, 0.05) is 0 Å². The van der Waals surface area contributed by atoms with Crippen LogP contribution in [0.25, 0.3) is 0 Å². The summed E-state index contributed by atoms with van der Waals surface area (Å²) in [5, 5.41) is 0. The molecule has 0 fully saturated rings. The highest BCUT2D eigenvalue weighted by Gasteiger charge is 1.95. The lowest BCUT2D eigenvalue weighted by Crippen LogP contribution is -1.84. The zero-order valence-electron chi connectivity index (χ0n) is 23.7. The van der Waals surface area contributed by atoms with E-state index in [1.807, 2.05) is 0 Å². The standard InChI is InChI=1S/C33H66/c1-3-5-7-9-11-13-15-17-19-21-23-25-27-29-31-33-32-30-28-26-24-22-20-18-16-14-12-10-8-6-4-2/h21,23H,3-20,22,24-33H2,1-2H3. The minimum atomic E-state index is 1.31. The molecule has 0 nitrogen and oxygen atoms in total. The summed E-state index contributed by atoms with van der Waals surface area (Å²) < 4.78 is 0. The number of unbranched alkanes of at least 4 members (excludes halogenated alkanes) is 27. The average molecular weight is 463 g/mol. The fraction of sp³-hybridized carbons (Fsp3) is 0.939. The number of allylic oxidation sites excluding steroid dienone is 2. The third-order valence-electron chi connectivity index (χ3n) is 7.37. The lowest BCUT2D eigenvalue weighted by molar-refractivity contribution is 0.523. The Hall–Kier alpha value is -0.260. The summed E-state index contributed by atoms with van der Waals surface area (Å²) in [7, 11) is 0. The van der Waals surface area contributed by atoms with E-state index >= 15 is 0 Å². The lowest BCUT2D eigenvalue weighted by Gasteiger charge is -2.04. The van der Waals surface area contributed by atoms with Gasteiger partial charge in [-0.05, 0) is 25.7 Å². The molecule has 0 atom stereocenters. The van der Waals surface area contributed by atoms with E-state index in [1.165, 1.54) is 186 Å². The molecule has 0 amide bonds. The van der Waals surface area contributed by atoms with Crippen molar-refractivity contribution in [2.45, 2.75) is 200 Å². The maximum Gasteiger partial charge on any atom is -0.0351 e. The van der Waals surface area contributed by atoms with Gasteiger partial charge in [0.2, 0.25) is 0 Å². The Kier molecular flexibility index (Phi) is 31.5. The van der Waals surface area contributed by atoms with Crippen molar-refractivity contribution in [2.75, 3.05) is 0 Å². The number of rotatable bonds is 29. The van der Waals surface area contributed by atoms with Crippen LogP contribution in [-0.4, -0.2) is 0 Å². The summed E-state index contributed by atoms with van der Waals surface area (Å²) in [5.41, 5.74) is 0. The summed E-state index contributed by atoms with van der Waals surface area (Å²) in [6.45, 7) is 4.60. The summed E-state index contributed by atoms with van der Waals surface area (Å²) in [6.07, 6.45) is 46.9. The van der Waals surface area contributed by atoms with E-state index < -0.39 is 0 Å². The lowest BCUT2D eigenvalue weighted by atomic mass is 10.0. The van der Waals surface area contributed by atoms with Crippen molar-refractivity contribution in [3.05, 3.63) is 12.2 Å². The Morgan fingerprint density at radius 3 is 0.636 bits per heavy atom. The van der Waals surface area contributed by atoms with Gasteiger partial charge in [-0.1, -0.05) is 187 Å². The highest BCUT2D eigenvalue weighted by Crippen LogP contribution is 2.15. The zero-order chi connectivity index (χ0) is 23.9. The predicted molar refractivity (Wildman–Crippen MR) is 154 cm³/mol. The van der Waals surface area contributed by atoms with Crippen molar-refractivity contribution < 1.29 is 0 Å². The van der Waals surface area contributed by atoms with Crippen molar-refractivity contribution in [3.63, 3.8) is 0 Å². The molecular weight excluding hydrogens is 396 g/mol. The molecule has 0 saturated carbocycles. The van der Waals surface area contributed by atoms with Crippen molar-refractivity contribution >= 4 is 0 Å². The summed E-state index contributed by atoms with van der Waals surface area (Å²) in [5.74, 6) is 0. The van der Waals surface area contributed by atoms with Crippen LogP contribution < -0.4 is 0 Å². The van der Waals surface area contributed by atoms with Gasteiger partial charge in [-0.2, -0.15) is 0 Å². The first-order valence-electron chi connectivity index (χ1n) is 16.1. The van der Waals surface area contributed by atoms with E-state index in [1.54, 1.807) is 0 Å².